The summed E-state index contributed by atoms with van der Waals surface area (Å²) in [5.41, 5.74) is 0.139. The Morgan fingerprint density at radius 3 is 3.06 bits per heavy atom. The molecule has 0 aliphatic rings. The van der Waals surface area contributed by atoms with E-state index in [1.807, 2.05) is 0 Å². The lowest BCUT2D eigenvalue weighted by Gasteiger charge is -2.06. The van der Waals surface area contributed by atoms with Crippen LogP contribution >= 0.6 is 0 Å². The molecule has 2 rings (SSSR count). The smallest absolute Gasteiger partial charge is 0.339 e. The zero-order chi connectivity index (χ0) is 12.1. The van der Waals surface area contributed by atoms with E-state index in [2.05, 4.69) is 25.0 Å². The number of carbonyl (C=O) groups is 1. The second-order valence-corrected chi connectivity index (χ2v) is 3.23. The lowest BCUT2D eigenvalue weighted by Crippen LogP contribution is -2.11. The summed E-state index contributed by atoms with van der Waals surface area (Å²) in [6.45, 7) is 0.483. The number of pyridine rings is 1. The van der Waals surface area contributed by atoms with Gasteiger partial charge in [-0.1, -0.05) is 5.16 Å². The Labute approximate surface area is 96.5 Å². The van der Waals surface area contributed by atoms with Crippen LogP contribution in [0.3, 0.4) is 0 Å². The van der Waals surface area contributed by atoms with Crippen LogP contribution in [0.5, 0.6) is 0 Å². The fourth-order valence-corrected chi connectivity index (χ4v) is 1.31. The van der Waals surface area contributed by atoms with Crippen molar-refractivity contribution in [1.29, 1.82) is 0 Å². The van der Waals surface area contributed by atoms with Gasteiger partial charge in [0, 0.05) is 19.2 Å². The van der Waals surface area contributed by atoms with E-state index in [-0.39, 0.29) is 5.56 Å². The molecular formula is C10H10N4O3. The van der Waals surface area contributed by atoms with E-state index in [1.165, 1.54) is 18.7 Å². The van der Waals surface area contributed by atoms with Crippen molar-refractivity contribution < 1.29 is 14.4 Å². The Morgan fingerprint density at radius 2 is 2.35 bits per heavy atom. The van der Waals surface area contributed by atoms with Gasteiger partial charge >= 0.3 is 5.97 Å². The molecule has 2 aromatic heterocycles. The second kappa shape index (κ2) is 5.06. The number of carboxylic acids is 1. The molecule has 0 unspecified atom stereocenters. The van der Waals surface area contributed by atoms with E-state index in [0.717, 1.165) is 0 Å². The number of carboxylic acid groups (broad SMARTS) is 1. The van der Waals surface area contributed by atoms with Gasteiger partial charge in [0.1, 0.15) is 11.4 Å². The van der Waals surface area contributed by atoms with Crippen LogP contribution in [0.25, 0.3) is 0 Å². The summed E-state index contributed by atoms with van der Waals surface area (Å²) >= 11 is 0. The van der Waals surface area contributed by atoms with E-state index in [4.69, 9.17) is 5.11 Å². The predicted octanol–water partition coefficient (Wildman–Crippen LogP) is 0.817. The molecule has 0 radical (unpaired) electrons. The largest absolute Gasteiger partial charge is 0.478 e. The number of nitrogens with zero attached hydrogens (tertiary/aromatic N) is 3. The fraction of sp³-hybridized carbons (Fsp3) is 0.200. The molecule has 0 amide bonds. The van der Waals surface area contributed by atoms with Crippen molar-refractivity contribution in [2.75, 3.05) is 11.9 Å². The van der Waals surface area contributed by atoms with Crippen LogP contribution in [0.1, 0.15) is 16.2 Å². The third-order valence-corrected chi connectivity index (χ3v) is 2.09. The van der Waals surface area contributed by atoms with Crippen molar-refractivity contribution in [1.82, 2.24) is 15.1 Å². The van der Waals surface area contributed by atoms with Gasteiger partial charge in [-0.15, -0.1) is 0 Å². The third-order valence-electron chi connectivity index (χ3n) is 2.09. The van der Waals surface area contributed by atoms with Crippen LogP contribution in [0, 0.1) is 0 Å². The normalized spacial score (nSPS) is 10.1. The summed E-state index contributed by atoms with van der Waals surface area (Å²) in [4.78, 5) is 18.7. The van der Waals surface area contributed by atoms with Crippen LogP contribution in [0.2, 0.25) is 0 Å². The van der Waals surface area contributed by atoms with E-state index in [1.54, 1.807) is 6.07 Å². The topological polar surface area (TPSA) is 101 Å². The molecule has 2 aromatic rings. The minimum atomic E-state index is -1.01. The van der Waals surface area contributed by atoms with Gasteiger partial charge in [0.15, 0.2) is 5.82 Å². The van der Waals surface area contributed by atoms with Gasteiger partial charge in [-0.25, -0.2) is 9.78 Å². The van der Waals surface area contributed by atoms with Crippen molar-refractivity contribution in [3.8, 4) is 0 Å². The zero-order valence-corrected chi connectivity index (χ0v) is 8.83. The highest BCUT2D eigenvalue weighted by atomic mass is 16.5. The summed E-state index contributed by atoms with van der Waals surface area (Å²) in [6, 6.07) is 3.07. The van der Waals surface area contributed by atoms with Crippen molar-refractivity contribution >= 4 is 11.8 Å². The molecule has 2 N–H and O–H groups in total. The standard InChI is InChI=1S/C10H10N4O3/c15-10(16)7-2-1-4-11-9(7)12-5-3-8-13-6-17-14-8/h1-2,4,6H,3,5H2,(H,11,12)(H,15,16). The molecule has 2 heterocycles. The number of aromatic carboxylic acids is 1. The highest BCUT2D eigenvalue weighted by molar-refractivity contribution is 5.92. The van der Waals surface area contributed by atoms with E-state index in [0.29, 0.717) is 24.6 Å². The van der Waals surface area contributed by atoms with Crippen LogP contribution in [0.15, 0.2) is 29.2 Å². The molecule has 0 spiro atoms. The highest BCUT2D eigenvalue weighted by Crippen LogP contribution is 2.10. The molecular weight excluding hydrogens is 224 g/mol. The lowest BCUT2D eigenvalue weighted by molar-refractivity contribution is 0.0697. The number of nitrogens with one attached hydrogen (secondary N) is 1. The Hall–Kier alpha value is -2.44. The summed E-state index contributed by atoms with van der Waals surface area (Å²) < 4.78 is 4.58. The van der Waals surface area contributed by atoms with Crippen molar-refractivity contribution in [2.24, 2.45) is 0 Å². The average Bonchev–Trinajstić information content (AvgIpc) is 2.82. The van der Waals surface area contributed by atoms with E-state index >= 15 is 0 Å². The van der Waals surface area contributed by atoms with Crippen LogP contribution in [-0.4, -0.2) is 32.7 Å². The van der Waals surface area contributed by atoms with E-state index in [9.17, 15) is 4.79 Å². The summed E-state index contributed by atoms with van der Waals surface area (Å²) in [7, 11) is 0. The van der Waals surface area contributed by atoms with Gasteiger partial charge in [0.25, 0.3) is 0 Å². The Kier molecular flexibility index (Phi) is 3.29. The molecule has 88 valence electrons. The average molecular weight is 234 g/mol. The lowest BCUT2D eigenvalue weighted by atomic mass is 10.2. The predicted molar refractivity (Wildman–Crippen MR) is 57.7 cm³/mol. The van der Waals surface area contributed by atoms with E-state index < -0.39 is 5.97 Å². The van der Waals surface area contributed by atoms with Gasteiger partial charge < -0.3 is 14.9 Å². The molecule has 0 bridgehead atoms. The molecule has 7 heteroatoms. The fourth-order valence-electron chi connectivity index (χ4n) is 1.31. The number of hydrogen-bond acceptors (Lipinski definition) is 6. The summed E-state index contributed by atoms with van der Waals surface area (Å²) in [5.74, 6) is -0.117. The minimum absolute atomic E-state index is 0.139. The van der Waals surface area contributed by atoms with Crippen molar-refractivity contribution in [2.45, 2.75) is 6.42 Å². The van der Waals surface area contributed by atoms with Crippen LogP contribution in [-0.2, 0) is 6.42 Å². The number of anilines is 1. The number of aromatic nitrogens is 3. The first-order chi connectivity index (χ1) is 8.27. The Bertz CT molecular complexity index is 498. The van der Waals surface area contributed by atoms with Crippen molar-refractivity contribution in [3.05, 3.63) is 36.1 Å². The molecule has 0 aliphatic carbocycles. The first kappa shape index (κ1) is 11.1. The SMILES string of the molecule is O=C(O)c1cccnc1NCCc1ncon1. The first-order valence-electron chi connectivity index (χ1n) is 4.95. The molecule has 17 heavy (non-hydrogen) atoms. The molecule has 0 fully saturated rings. The molecule has 0 atom stereocenters. The molecule has 0 saturated carbocycles. The monoisotopic (exact) mass is 234 g/mol. The second-order valence-electron chi connectivity index (χ2n) is 3.23. The maximum absolute atomic E-state index is 10.9. The summed E-state index contributed by atoms with van der Waals surface area (Å²) in [6.07, 6.45) is 3.31. The molecule has 7 nitrogen and oxygen atoms in total. The Morgan fingerprint density at radius 1 is 1.47 bits per heavy atom. The van der Waals surface area contributed by atoms with Gasteiger partial charge in [-0.2, -0.15) is 4.98 Å². The van der Waals surface area contributed by atoms with Gasteiger partial charge in [-0.05, 0) is 12.1 Å². The van der Waals surface area contributed by atoms with Crippen molar-refractivity contribution in [3.63, 3.8) is 0 Å². The zero-order valence-electron chi connectivity index (χ0n) is 8.83. The molecule has 0 aliphatic heterocycles. The quantitative estimate of drug-likeness (QED) is 0.789. The molecule has 0 saturated heterocycles. The molecule has 0 aromatic carbocycles. The maximum atomic E-state index is 10.9. The minimum Gasteiger partial charge on any atom is -0.478 e. The maximum Gasteiger partial charge on any atom is 0.339 e. The van der Waals surface area contributed by atoms with Crippen LogP contribution < -0.4 is 5.32 Å². The number of rotatable bonds is 5. The highest BCUT2D eigenvalue weighted by Gasteiger charge is 2.09. The Balaban J connectivity index is 1.97. The van der Waals surface area contributed by atoms with Gasteiger partial charge in [-0.3, -0.25) is 0 Å². The third kappa shape index (κ3) is 2.77. The first-order valence-corrected chi connectivity index (χ1v) is 4.95. The summed E-state index contributed by atoms with van der Waals surface area (Å²) in [5, 5.41) is 15.5. The van der Waals surface area contributed by atoms with Gasteiger partial charge in [0.05, 0.1) is 0 Å². The van der Waals surface area contributed by atoms with Gasteiger partial charge in [0.2, 0.25) is 6.39 Å². The van der Waals surface area contributed by atoms with Crippen LogP contribution in [0.4, 0.5) is 5.82 Å². The number of hydrogen-bond donors (Lipinski definition) is 2.